The van der Waals surface area contributed by atoms with E-state index < -0.39 is 29.5 Å². The summed E-state index contributed by atoms with van der Waals surface area (Å²) in [5.74, 6) is -1.23. The third kappa shape index (κ3) is 4.78. The molecule has 0 unspecified atom stereocenters. The summed E-state index contributed by atoms with van der Waals surface area (Å²) < 4.78 is 51.9. The summed E-state index contributed by atoms with van der Waals surface area (Å²) in [5, 5.41) is 2.86. The van der Waals surface area contributed by atoms with Gasteiger partial charge in [0, 0.05) is 12.1 Å². The van der Waals surface area contributed by atoms with E-state index >= 15 is 0 Å². The van der Waals surface area contributed by atoms with Gasteiger partial charge in [0.15, 0.2) is 0 Å². The van der Waals surface area contributed by atoms with Crippen LogP contribution in [0.3, 0.4) is 0 Å². The highest BCUT2D eigenvalue weighted by Crippen LogP contribution is 2.30. The molecule has 26 heavy (non-hydrogen) atoms. The number of carbonyl (C=O) groups is 1. The predicted molar refractivity (Wildman–Crippen MR) is 89.3 cm³/mol. The van der Waals surface area contributed by atoms with E-state index in [1.165, 1.54) is 24.3 Å². The second kappa shape index (κ2) is 7.82. The van der Waals surface area contributed by atoms with E-state index in [9.17, 15) is 22.4 Å². The molecule has 0 fully saturated rings. The second-order valence-electron chi connectivity index (χ2n) is 6.21. The molecular formula is C18H19F4N3O. The van der Waals surface area contributed by atoms with Crippen LogP contribution in [0.2, 0.25) is 0 Å². The number of amides is 1. The van der Waals surface area contributed by atoms with Crippen LogP contribution in [0.5, 0.6) is 0 Å². The fourth-order valence-corrected chi connectivity index (χ4v) is 2.47. The van der Waals surface area contributed by atoms with Crippen LogP contribution in [0.25, 0.3) is 11.3 Å². The van der Waals surface area contributed by atoms with Gasteiger partial charge in [-0.3, -0.25) is 10.1 Å². The zero-order chi connectivity index (χ0) is 19.5. The van der Waals surface area contributed by atoms with E-state index in [1.54, 1.807) is 13.8 Å². The first-order chi connectivity index (χ1) is 12.1. The number of alkyl halides is 3. The van der Waals surface area contributed by atoms with Gasteiger partial charge in [-0.25, -0.2) is 9.37 Å². The molecule has 0 bridgehead atoms. The fraction of sp³-hybridized carbons (Fsp3) is 0.333. The summed E-state index contributed by atoms with van der Waals surface area (Å²) in [5.41, 5.74) is 5.34. The Morgan fingerprint density at radius 1 is 1.15 bits per heavy atom. The van der Waals surface area contributed by atoms with Crippen molar-refractivity contribution >= 4 is 5.91 Å². The summed E-state index contributed by atoms with van der Waals surface area (Å²) >= 11 is 0. The van der Waals surface area contributed by atoms with Crippen LogP contribution in [-0.4, -0.2) is 16.9 Å². The second-order valence-corrected chi connectivity index (χ2v) is 6.21. The van der Waals surface area contributed by atoms with Crippen LogP contribution in [0.15, 0.2) is 36.4 Å². The number of hydrogen-bond acceptors (Lipinski definition) is 3. The zero-order valence-corrected chi connectivity index (χ0v) is 14.3. The standard InChI is InChI=1S/C18H19F4N3O/c1-10(2)16(17(23)26)24-9-15-13(19)7-8-14(25-15)11-3-5-12(6-4-11)18(20,21)22/h3-8,10,16,24H,9H2,1-2H3,(H2,23,26)/t16-/m1/s1. The monoisotopic (exact) mass is 369 g/mol. The Labute approximate surface area is 148 Å². The average molecular weight is 369 g/mol. The molecule has 1 atom stereocenters. The van der Waals surface area contributed by atoms with Crippen molar-refractivity contribution in [2.24, 2.45) is 11.7 Å². The summed E-state index contributed by atoms with van der Waals surface area (Å²) in [6.45, 7) is 3.56. The molecule has 4 nitrogen and oxygen atoms in total. The van der Waals surface area contributed by atoms with Crippen LogP contribution in [-0.2, 0) is 17.5 Å². The number of hydrogen-bond donors (Lipinski definition) is 2. The lowest BCUT2D eigenvalue weighted by molar-refractivity contribution is -0.137. The molecule has 1 heterocycles. The van der Waals surface area contributed by atoms with Gasteiger partial charge < -0.3 is 5.73 Å². The highest BCUT2D eigenvalue weighted by atomic mass is 19.4. The SMILES string of the molecule is CC(C)[C@@H](NCc1nc(-c2ccc(C(F)(F)F)cc2)ccc1F)C(N)=O. The largest absolute Gasteiger partial charge is 0.416 e. The maximum absolute atomic E-state index is 14.0. The number of primary amides is 1. The van der Waals surface area contributed by atoms with Gasteiger partial charge in [-0.1, -0.05) is 26.0 Å². The molecule has 0 saturated heterocycles. The average Bonchev–Trinajstić information content (AvgIpc) is 2.55. The number of nitrogens with zero attached hydrogens (tertiary/aromatic N) is 1. The molecule has 2 aromatic rings. The highest BCUT2D eigenvalue weighted by Gasteiger charge is 2.30. The normalized spacial score (nSPS) is 13.0. The van der Waals surface area contributed by atoms with Crippen LogP contribution in [0.4, 0.5) is 17.6 Å². The number of nitrogens with one attached hydrogen (secondary N) is 1. The molecule has 1 aromatic carbocycles. The van der Waals surface area contributed by atoms with Crippen molar-refractivity contribution in [3.8, 4) is 11.3 Å². The van der Waals surface area contributed by atoms with Crippen LogP contribution < -0.4 is 11.1 Å². The topological polar surface area (TPSA) is 68.0 Å². The number of pyridine rings is 1. The smallest absolute Gasteiger partial charge is 0.368 e. The highest BCUT2D eigenvalue weighted by molar-refractivity contribution is 5.80. The van der Waals surface area contributed by atoms with Gasteiger partial charge in [-0.2, -0.15) is 13.2 Å². The van der Waals surface area contributed by atoms with Gasteiger partial charge in [0.25, 0.3) is 0 Å². The Morgan fingerprint density at radius 3 is 2.27 bits per heavy atom. The molecule has 0 radical (unpaired) electrons. The summed E-state index contributed by atoms with van der Waals surface area (Å²) in [6, 6.07) is 6.37. The number of nitrogens with two attached hydrogens (primary N) is 1. The zero-order valence-electron chi connectivity index (χ0n) is 14.3. The first-order valence-electron chi connectivity index (χ1n) is 7.95. The number of carbonyl (C=O) groups excluding carboxylic acids is 1. The molecule has 0 aliphatic rings. The third-order valence-corrected chi connectivity index (χ3v) is 3.89. The molecule has 2 rings (SSSR count). The van der Waals surface area contributed by atoms with Crippen molar-refractivity contribution in [2.75, 3.05) is 0 Å². The molecule has 0 aliphatic carbocycles. The molecule has 1 amide bonds. The molecule has 1 aromatic heterocycles. The minimum atomic E-state index is -4.43. The lowest BCUT2D eigenvalue weighted by atomic mass is 10.0. The first-order valence-corrected chi connectivity index (χ1v) is 7.95. The fourth-order valence-electron chi connectivity index (χ4n) is 2.47. The van der Waals surface area contributed by atoms with Crippen molar-refractivity contribution < 1.29 is 22.4 Å². The first kappa shape index (κ1) is 19.8. The van der Waals surface area contributed by atoms with Crippen LogP contribution in [0, 0.1) is 11.7 Å². The van der Waals surface area contributed by atoms with Crippen molar-refractivity contribution in [3.05, 3.63) is 53.5 Å². The Hall–Kier alpha value is -2.48. The van der Waals surface area contributed by atoms with Gasteiger partial charge in [0.2, 0.25) is 5.91 Å². The molecule has 3 N–H and O–H groups in total. The molecule has 8 heteroatoms. The molecular weight excluding hydrogens is 350 g/mol. The van der Waals surface area contributed by atoms with E-state index in [2.05, 4.69) is 10.3 Å². The minimum Gasteiger partial charge on any atom is -0.368 e. The number of benzene rings is 1. The van der Waals surface area contributed by atoms with Gasteiger partial charge in [-0.15, -0.1) is 0 Å². The third-order valence-electron chi connectivity index (χ3n) is 3.89. The van der Waals surface area contributed by atoms with Crippen molar-refractivity contribution in [2.45, 2.75) is 32.6 Å². The number of aromatic nitrogens is 1. The van der Waals surface area contributed by atoms with Crippen LogP contribution in [0.1, 0.15) is 25.1 Å². The van der Waals surface area contributed by atoms with Crippen molar-refractivity contribution in [1.82, 2.24) is 10.3 Å². The van der Waals surface area contributed by atoms with E-state index in [0.717, 1.165) is 12.1 Å². The molecule has 0 aliphatic heterocycles. The Balaban J connectivity index is 2.23. The lowest BCUT2D eigenvalue weighted by Crippen LogP contribution is -2.44. The van der Waals surface area contributed by atoms with E-state index in [-0.39, 0.29) is 18.2 Å². The lowest BCUT2D eigenvalue weighted by Gasteiger charge is -2.19. The van der Waals surface area contributed by atoms with Gasteiger partial charge in [0.05, 0.1) is 23.0 Å². The maximum atomic E-state index is 14.0. The van der Waals surface area contributed by atoms with E-state index in [4.69, 9.17) is 5.73 Å². The maximum Gasteiger partial charge on any atom is 0.416 e. The van der Waals surface area contributed by atoms with E-state index in [0.29, 0.717) is 11.3 Å². The molecule has 0 saturated carbocycles. The Morgan fingerprint density at radius 2 is 1.77 bits per heavy atom. The molecule has 140 valence electrons. The number of halogens is 4. The van der Waals surface area contributed by atoms with Gasteiger partial charge >= 0.3 is 6.18 Å². The Bertz CT molecular complexity index is 773. The molecule has 0 spiro atoms. The van der Waals surface area contributed by atoms with Crippen LogP contribution >= 0.6 is 0 Å². The van der Waals surface area contributed by atoms with Crippen molar-refractivity contribution in [3.63, 3.8) is 0 Å². The van der Waals surface area contributed by atoms with Gasteiger partial charge in [0.1, 0.15) is 5.82 Å². The van der Waals surface area contributed by atoms with E-state index in [1.807, 2.05) is 0 Å². The quantitative estimate of drug-likeness (QED) is 0.766. The van der Waals surface area contributed by atoms with Crippen molar-refractivity contribution in [1.29, 1.82) is 0 Å². The Kier molecular flexibility index (Phi) is 5.97. The van der Waals surface area contributed by atoms with Gasteiger partial charge in [-0.05, 0) is 30.2 Å². The predicted octanol–water partition coefficient (Wildman–Crippen LogP) is 3.51. The summed E-state index contributed by atoms with van der Waals surface area (Å²) in [6.07, 6.45) is -4.43. The number of rotatable bonds is 6. The summed E-state index contributed by atoms with van der Waals surface area (Å²) in [4.78, 5) is 15.6. The summed E-state index contributed by atoms with van der Waals surface area (Å²) in [7, 11) is 0. The minimum absolute atomic E-state index is 0.0356.